The van der Waals surface area contributed by atoms with E-state index in [1.807, 2.05) is 26.0 Å². The fourth-order valence-corrected chi connectivity index (χ4v) is 4.55. The second-order valence-corrected chi connectivity index (χ2v) is 13.0. The second-order valence-electron chi connectivity index (χ2n) is 13.0. The number of aryl methyl sites for hydroxylation is 2. The Bertz CT molecular complexity index is 1140. The largest absolute Gasteiger partial charge is 0.507 e. The van der Waals surface area contributed by atoms with E-state index in [0.717, 1.165) is 27.8 Å². The maximum atomic E-state index is 11.6. The normalized spacial score (nSPS) is 12.8. The molecule has 0 fully saturated rings. The van der Waals surface area contributed by atoms with Gasteiger partial charge in [0.05, 0.1) is 0 Å². The molecule has 0 spiro atoms. The third-order valence-corrected chi connectivity index (χ3v) is 6.88. The van der Waals surface area contributed by atoms with E-state index < -0.39 is 0 Å². The van der Waals surface area contributed by atoms with Crippen LogP contribution in [0.4, 0.5) is 0 Å². The van der Waals surface area contributed by atoms with Gasteiger partial charge in [-0.3, -0.25) is 0 Å². The zero-order chi connectivity index (χ0) is 26.7. The molecular weight excluding hydrogens is 432 g/mol. The van der Waals surface area contributed by atoms with Gasteiger partial charge in [0.1, 0.15) is 17.2 Å². The van der Waals surface area contributed by atoms with Crippen LogP contribution in [0.15, 0.2) is 36.4 Å². The average Bonchev–Trinajstić information content (AvgIpc) is 2.66. The molecule has 0 aromatic heterocycles. The van der Waals surface area contributed by atoms with Gasteiger partial charge in [-0.1, -0.05) is 74.4 Å². The van der Waals surface area contributed by atoms with Gasteiger partial charge in [-0.2, -0.15) is 0 Å². The maximum absolute atomic E-state index is 11.6. The summed E-state index contributed by atoms with van der Waals surface area (Å²) in [6.07, 6.45) is 0. The average molecular weight is 475 g/mol. The lowest BCUT2D eigenvalue weighted by Gasteiger charge is -2.26. The van der Waals surface area contributed by atoms with Crippen LogP contribution >= 0.6 is 0 Å². The molecule has 0 amide bonds. The molecule has 3 rings (SSSR count). The van der Waals surface area contributed by atoms with Crippen LogP contribution in [0.3, 0.4) is 0 Å². The number of phenols is 3. The number of rotatable bonds is 2. The molecule has 3 aromatic carbocycles. The standard InChI is InChI=1S/C32H42O3/c1-18-12-20(30(3,4)5)16-25(33)27(18)23-14-22(32(9,10)11)15-24(29(23)35)28-19(2)13-21(17-26(28)34)31(6,7)8/h12-17,33-35H,1-11H3. The zero-order valence-electron chi connectivity index (χ0n) is 23.3. The van der Waals surface area contributed by atoms with E-state index in [9.17, 15) is 15.3 Å². The summed E-state index contributed by atoms with van der Waals surface area (Å²) >= 11 is 0. The summed E-state index contributed by atoms with van der Waals surface area (Å²) in [5.41, 5.74) is 6.82. The van der Waals surface area contributed by atoms with Gasteiger partial charge in [0.2, 0.25) is 0 Å². The molecule has 0 aliphatic heterocycles. The molecule has 188 valence electrons. The molecule has 0 atom stereocenters. The molecule has 0 aliphatic rings. The highest BCUT2D eigenvalue weighted by Crippen LogP contribution is 2.49. The van der Waals surface area contributed by atoms with Crippen LogP contribution in [0.2, 0.25) is 0 Å². The zero-order valence-corrected chi connectivity index (χ0v) is 23.3. The van der Waals surface area contributed by atoms with Crippen LogP contribution in [0.25, 0.3) is 22.3 Å². The van der Waals surface area contributed by atoms with Crippen LogP contribution in [0, 0.1) is 13.8 Å². The van der Waals surface area contributed by atoms with E-state index in [2.05, 4.69) is 74.4 Å². The second kappa shape index (κ2) is 8.62. The van der Waals surface area contributed by atoms with Crippen molar-refractivity contribution in [2.24, 2.45) is 0 Å². The van der Waals surface area contributed by atoms with Crippen molar-refractivity contribution >= 4 is 0 Å². The van der Waals surface area contributed by atoms with Gasteiger partial charge in [-0.15, -0.1) is 0 Å². The topological polar surface area (TPSA) is 60.7 Å². The summed E-state index contributed by atoms with van der Waals surface area (Å²) in [5.74, 6) is 0.347. The Morgan fingerprint density at radius 3 is 1.00 bits per heavy atom. The molecule has 3 heteroatoms. The Morgan fingerprint density at radius 1 is 0.457 bits per heavy atom. The highest BCUT2D eigenvalue weighted by Gasteiger charge is 2.26. The maximum Gasteiger partial charge on any atom is 0.131 e. The third-order valence-electron chi connectivity index (χ3n) is 6.88. The number of hydrogen-bond acceptors (Lipinski definition) is 3. The van der Waals surface area contributed by atoms with Crippen molar-refractivity contribution in [2.75, 3.05) is 0 Å². The van der Waals surface area contributed by atoms with E-state index in [4.69, 9.17) is 0 Å². The first kappa shape index (κ1) is 26.7. The van der Waals surface area contributed by atoms with Gasteiger partial charge in [-0.05, 0) is 82.2 Å². The molecule has 0 radical (unpaired) electrons. The van der Waals surface area contributed by atoms with Gasteiger partial charge in [0, 0.05) is 22.3 Å². The first-order chi connectivity index (χ1) is 15.8. The fourth-order valence-electron chi connectivity index (χ4n) is 4.55. The Morgan fingerprint density at radius 2 is 0.743 bits per heavy atom. The van der Waals surface area contributed by atoms with Gasteiger partial charge >= 0.3 is 0 Å². The SMILES string of the molecule is Cc1cc(C(C)(C)C)cc(O)c1-c1cc(C(C)(C)C)cc(-c2c(C)cc(C(C)(C)C)cc2O)c1O. The molecule has 3 N–H and O–H groups in total. The minimum absolute atomic E-state index is 0.0572. The van der Waals surface area contributed by atoms with E-state index in [-0.39, 0.29) is 33.5 Å². The van der Waals surface area contributed by atoms with Crippen LogP contribution in [-0.4, -0.2) is 15.3 Å². The lowest BCUT2D eigenvalue weighted by atomic mass is 9.79. The summed E-state index contributed by atoms with van der Waals surface area (Å²) < 4.78 is 0. The van der Waals surface area contributed by atoms with Crippen molar-refractivity contribution in [3.05, 3.63) is 64.2 Å². The van der Waals surface area contributed by atoms with Crippen molar-refractivity contribution in [3.63, 3.8) is 0 Å². The van der Waals surface area contributed by atoms with Crippen molar-refractivity contribution < 1.29 is 15.3 Å². The van der Waals surface area contributed by atoms with Crippen LogP contribution in [0.5, 0.6) is 17.2 Å². The highest BCUT2D eigenvalue weighted by molar-refractivity contribution is 5.89. The Labute approximate surface area is 211 Å². The molecule has 0 aliphatic carbocycles. The lowest BCUT2D eigenvalue weighted by molar-refractivity contribution is 0.463. The van der Waals surface area contributed by atoms with Crippen LogP contribution in [-0.2, 0) is 16.2 Å². The number of hydrogen-bond donors (Lipinski definition) is 3. The molecule has 0 saturated heterocycles. The molecular formula is C32H42O3. The van der Waals surface area contributed by atoms with Gasteiger partial charge in [0.25, 0.3) is 0 Å². The Balaban J connectivity index is 2.39. The Hall–Kier alpha value is -2.94. The summed E-state index contributed by atoms with van der Waals surface area (Å²) in [6, 6.07) is 11.7. The predicted molar refractivity (Wildman–Crippen MR) is 148 cm³/mol. The summed E-state index contributed by atoms with van der Waals surface area (Å²) in [4.78, 5) is 0. The van der Waals surface area contributed by atoms with E-state index >= 15 is 0 Å². The quantitative estimate of drug-likeness (QED) is 0.348. The van der Waals surface area contributed by atoms with E-state index in [0.29, 0.717) is 22.3 Å². The molecule has 0 heterocycles. The van der Waals surface area contributed by atoms with Crippen molar-refractivity contribution in [3.8, 4) is 39.5 Å². The predicted octanol–water partition coefficient (Wildman–Crippen LogP) is 8.65. The third kappa shape index (κ3) is 5.19. The summed E-state index contributed by atoms with van der Waals surface area (Å²) in [5, 5.41) is 33.9. The Kier molecular flexibility index (Phi) is 6.57. The minimum atomic E-state index is -0.207. The number of phenolic OH excluding ortho intramolecular Hbond substituents is 3. The van der Waals surface area contributed by atoms with Crippen molar-refractivity contribution in [1.82, 2.24) is 0 Å². The van der Waals surface area contributed by atoms with Crippen LogP contribution in [0.1, 0.15) is 90.1 Å². The molecule has 0 unspecified atom stereocenters. The highest BCUT2D eigenvalue weighted by atomic mass is 16.3. The first-order valence-corrected chi connectivity index (χ1v) is 12.4. The van der Waals surface area contributed by atoms with Gasteiger partial charge in [0.15, 0.2) is 0 Å². The minimum Gasteiger partial charge on any atom is -0.507 e. The first-order valence-electron chi connectivity index (χ1n) is 12.4. The smallest absolute Gasteiger partial charge is 0.131 e. The van der Waals surface area contributed by atoms with Gasteiger partial charge < -0.3 is 15.3 Å². The number of aromatic hydroxyl groups is 3. The lowest BCUT2D eigenvalue weighted by Crippen LogP contribution is -2.13. The molecule has 35 heavy (non-hydrogen) atoms. The summed E-state index contributed by atoms with van der Waals surface area (Å²) in [6.45, 7) is 23.0. The summed E-state index contributed by atoms with van der Waals surface area (Å²) in [7, 11) is 0. The van der Waals surface area contributed by atoms with Gasteiger partial charge in [-0.25, -0.2) is 0 Å². The molecule has 0 bridgehead atoms. The molecule has 0 saturated carbocycles. The van der Waals surface area contributed by atoms with Crippen molar-refractivity contribution in [1.29, 1.82) is 0 Å². The monoisotopic (exact) mass is 474 g/mol. The van der Waals surface area contributed by atoms with E-state index in [1.54, 1.807) is 12.1 Å². The van der Waals surface area contributed by atoms with E-state index in [1.165, 1.54) is 0 Å². The van der Waals surface area contributed by atoms with Crippen LogP contribution < -0.4 is 0 Å². The molecule has 3 nitrogen and oxygen atoms in total. The molecule has 3 aromatic rings. The fraction of sp³-hybridized carbons (Fsp3) is 0.438. The van der Waals surface area contributed by atoms with Crippen molar-refractivity contribution in [2.45, 2.75) is 92.4 Å². The number of benzene rings is 3.